The Morgan fingerprint density at radius 1 is 1.09 bits per heavy atom. The number of nitrogens with zero attached hydrogens (tertiary/aromatic N) is 2. The molecule has 7 nitrogen and oxygen atoms in total. The first kappa shape index (κ1) is 21.8. The molecule has 0 fully saturated rings. The van der Waals surface area contributed by atoms with Crippen LogP contribution in [-0.4, -0.2) is 42.7 Å². The van der Waals surface area contributed by atoms with Crippen LogP contribution >= 0.6 is 0 Å². The number of nitrogens with one attached hydrogen (secondary N) is 3. The smallest absolute Gasteiger partial charge is 0.315 e. The number of carbonyl (C=O) groups excluding carboxylic acids is 1. The van der Waals surface area contributed by atoms with Gasteiger partial charge in [-0.25, -0.2) is 9.78 Å². The summed E-state index contributed by atoms with van der Waals surface area (Å²) in [6, 6.07) is 23.7. The predicted octanol–water partition coefficient (Wildman–Crippen LogP) is 4.22. The summed E-state index contributed by atoms with van der Waals surface area (Å²) in [5.41, 5.74) is 5.56. The highest BCUT2D eigenvalue weighted by Gasteiger charge is 2.21. The highest BCUT2D eigenvalue weighted by molar-refractivity contribution is 5.76. The number of hydrogen-bond acceptors (Lipinski definition) is 4. The predicted molar refractivity (Wildman–Crippen MR) is 134 cm³/mol. The van der Waals surface area contributed by atoms with E-state index < -0.39 is 0 Å². The summed E-state index contributed by atoms with van der Waals surface area (Å²) in [6.07, 6.45) is 1.66. The average molecular weight is 456 g/mol. The molecule has 0 saturated carbocycles. The molecule has 0 saturated heterocycles. The fourth-order valence-electron chi connectivity index (χ4n) is 4.50. The van der Waals surface area contributed by atoms with E-state index in [2.05, 4.69) is 44.8 Å². The van der Waals surface area contributed by atoms with Crippen molar-refractivity contribution >= 4 is 22.8 Å². The number of aromatic amines is 1. The van der Waals surface area contributed by atoms with Crippen molar-refractivity contribution in [1.29, 1.82) is 0 Å². The van der Waals surface area contributed by atoms with Gasteiger partial charge in [-0.2, -0.15) is 0 Å². The summed E-state index contributed by atoms with van der Waals surface area (Å²) in [5.74, 6) is 1.54. The maximum absolute atomic E-state index is 12.8. The Kier molecular flexibility index (Phi) is 6.33. The van der Waals surface area contributed by atoms with Crippen LogP contribution in [0.3, 0.4) is 0 Å². The number of hydrogen-bond donors (Lipinski definition) is 3. The van der Waals surface area contributed by atoms with Crippen molar-refractivity contribution in [2.75, 3.05) is 31.6 Å². The van der Waals surface area contributed by atoms with Gasteiger partial charge >= 0.3 is 6.03 Å². The lowest BCUT2D eigenvalue weighted by atomic mass is 10.1. The zero-order chi connectivity index (χ0) is 23.3. The van der Waals surface area contributed by atoms with Crippen LogP contribution in [0.1, 0.15) is 23.0 Å². The fraction of sp³-hybridized carbons (Fsp3) is 0.259. The average Bonchev–Trinajstić information content (AvgIpc) is 3.49. The van der Waals surface area contributed by atoms with Gasteiger partial charge in [-0.15, -0.1) is 0 Å². The molecule has 174 valence electrons. The minimum Gasteiger partial charge on any atom is -0.497 e. The molecule has 0 radical (unpaired) electrons. The van der Waals surface area contributed by atoms with E-state index in [9.17, 15) is 4.79 Å². The zero-order valence-corrected chi connectivity index (χ0v) is 19.3. The van der Waals surface area contributed by atoms with E-state index in [-0.39, 0.29) is 12.1 Å². The minimum atomic E-state index is -0.298. The topological polar surface area (TPSA) is 82.3 Å². The summed E-state index contributed by atoms with van der Waals surface area (Å²) < 4.78 is 5.27. The number of carbonyl (C=O) groups is 1. The van der Waals surface area contributed by atoms with Gasteiger partial charge in [-0.3, -0.25) is 0 Å². The summed E-state index contributed by atoms with van der Waals surface area (Å²) in [5, 5.41) is 6.15. The molecule has 0 spiro atoms. The second kappa shape index (κ2) is 9.87. The van der Waals surface area contributed by atoms with Crippen LogP contribution in [0.25, 0.3) is 11.0 Å². The summed E-state index contributed by atoms with van der Waals surface area (Å²) in [4.78, 5) is 23.3. The van der Waals surface area contributed by atoms with Crippen molar-refractivity contribution in [3.05, 3.63) is 89.7 Å². The maximum Gasteiger partial charge on any atom is 0.315 e. The molecule has 2 heterocycles. The molecule has 0 unspecified atom stereocenters. The molecule has 0 bridgehead atoms. The number of rotatable bonds is 8. The van der Waals surface area contributed by atoms with Crippen LogP contribution in [0.15, 0.2) is 72.8 Å². The summed E-state index contributed by atoms with van der Waals surface area (Å²) >= 11 is 0. The molecule has 34 heavy (non-hydrogen) atoms. The van der Waals surface area contributed by atoms with Crippen molar-refractivity contribution in [3.63, 3.8) is 0 Å². The molecular formula is C27H29N5O2. The number of para-hydroxylation sites is 3. The second-order valence-corrected chi connectivity index (χ2v) is 8.51. The third kappa shape index (κ3) is 4.83. The number of H-pyrrole nitrogens is 1. The Hall–Kier alpha value is -4.00. The van der Waals surface area contributed by atoms with Gasteiger partial charge in [0.05, 0.1) is 24.2 Å². The number of urea groups is 1. The molecule has 1 aliphatic heterocycles. The van der Waals surface area contributed by atoms with Crippen LogP contribution in [-0.2, 0) is 12.8 Å². The molecule has 2 amide bonds. The first-order valence-electron chi connectivity index (χ1n) is 11.6. The maximum atomic E-state index is 12.8. The quantitative estimate of drug-likeness (QED) is 0.372. The van der Waals surface area contributed by atoms with E-state index in [1.54, 1.807) is 7.11 Å². The molecule has 1 atom stereocenters. The van der Waals surface area contributed by atoms with Gasteiger partial charge in [0.25, 0.3) is 0 Å². The zero-order valence-electron chi connectivity index (χ0n) is 19.3. The van der Waals surface area contributed by atoms with Gasteiger partial charge in [0, 0.05) is 25.3 Å². The molecule has 4 aromatic rings. The highest BCUT2D eigenvalue weighted by Crippen LogP contribution is 2.26. The lowest BCUT2D eigenvalue weighted by molar-refractivity contribution is 0.236. The van der Waals surface area contributed by atoms with E-state index in [0.717, 1.165) is 47.7 Å². The number of amides is 2. The van der Waals surface area contributed by atoms with Crippen LogP contribution in [0.5, 0.6) is 5.75 Å². The van der Waals surface area contributed by atoms with E-state index >= 15 is 0 Å². The van der Waals surface area contributed by atoms with Gasteiger partial charge in [0.15, 0.2) is 0 Å². The third-order valence-corrected chi connectivity index (χ3v) is 6.29. The Labute approximate surface area is 199 Å². The fourth-order valence-corrected chi connectivity index (χ4v) is 4.50. The van der Waals surface area contributed by atoms with Crippen molar-refractivity contribution in [2.45, 2.75) is 18.9 Å². The van der Waals surface area contributed by atoms with Crippen LogP contribution in [0, 0.1) is 0 Å². The molecule has 1 aliphatic rings. The second-order valence-electron chi connectivity index (χ2n) is 8.51. The Balaban J connectivity index is 1.25. The molecule has 0 aliphatic carbocycles. The van der Waals surface area contributed by atoms with Crippen LogP contribution in [0.4, 0.5) is 10.5 Å². The lowest BCUT2D eigenvalue weighted by Crippen LogP contribution is -2.42. The largest absolute Gasteiger partial charge is 0.497 e. The number of benzene rings is 3. The van der Waals surface area contributed by atoms with Crippen LogP contribution in [0.2, 0.25) is 0 Å². The van der Waals surface area contributed by atoms with E-state index in [1.165, 1.54) is 11.3 Å². The summed E-state index contributed by atoms with van der Waals surface area (Å²) in [7, 11) is 1.65. The van der Waals surface area contributed by atoms with E-state index in [1.807, 2.05) is 48.5 Å². The number of anilines is 1. The van der Waals surface area contributed by atoms with E-state index in [0.29, 0.717) is 13.0 Å². The minimum absolute atomic E-state index is 0.202. The van der Waals surface area contributed by atoms with Gasteiger partial charge < -0.3 is 25.3 Å². The third-order valence-electron chi connectivity index (χ3n) is 6.29. The first-order chi connectivity index (χ1) is 16.7. The van der Waals surface area contributed by atoms with Crippen molar-refractivity contribution in [1.82, 2.24) is 20.6 Å². The summed E-state index contributed by atoms with van der Waals surface area (Å²) in [6.45, 7) is 2.33. The van der Waals surface area contributed by atoms with E-state index in [4.69, 9.17) is 9.72 Å². The Morgan fingerprint density at radius 2 is 1.88 bits per heavy atom. The monoisotopic (exact) mass is 455 g/mol. The Morgan fingerprint density at radius 3 is 2.71 bits per heavy atom. The number of ether oxygens (including phenoxy) is 1. The van der Waals surface area contributed by atoms with Crippen molar-refractivity contribution < 1.29 is 9.53 Å². The SMILES string of the molecule is COc1ccc(C[C@@H](NC(=O)NCCN2CCc3ccccc32)c2nc3ccccc3[nH]2)cc1. The lowest BCUT2D eigenvalue weighted by Gasteiger charge is -2.21. The van der Waals surface area contributed by atoms with Gasteiger partial charge in [0.1, 0.15) is 11.6 Å². The van der Waals surface area contributed by atoms with Gasteiger partial charge in [-0.05, 0) is 54.3 Å². The normalized spacial score (nSPS) is 13.5. The molecular weight excluding hydrogens is 426 g/mol. The molecule has 3 aromatic carbocycles. The van der Waals surface area contributed by atoms with Gasteiger partial charge in [-0.1, -0.05) is 42.5 Å². The molecule has 3 N–H and O–H groups in total. The number of imidazole rings is 1. The number of fused-ring (bicyclic) bond motifs is 2. The highest BCUT2D eigenvalue weighted by atomic mass is 16.5. The number of aromatic nitrogens is 2. The van der Waals surface area contributed by atoms with Crippen molar-refractivity contribution in [2.24, 2.45) is 0 Å². The standard InChI is InChI=1S/C27H29N5O2/c1-34-21-12-10-19(11-13-21)18-24(26-29-22-7-3-4-8-23(22)30-26)31-27(33)28-15-17-32-16-14-20-6-2-5-9-25(20)32/h2-13,24H,14-18H2,1H3,(H,29,30)(H2,28,31,33)/t24-/m1/s1. The van der Waals surface area contributed by atoms with Crippen molar-refractivity contribution in [3.8, 4) is 5.75 Å². The molecule has 5 rings (SSSR count). The number of methoxy groups -OCH3 is 1. The Bertz CT molecular complexity index is 1230. The van der Waals surface area contributed by atoms with Crippen LogP contribution < -0.4 is 20.3 Å². The molecule has 7 heteroatoms. The first-order valence-corrected chi connectivity index (χ1v) is 11.6. The molecule has 1 aromatic heterocycles. The van der Waals surface area contributed by atoms with Gasteiger partial charge in [0.2, 0.25) is 0 Å².